The Morgan fingerprint density at radius 3 is 2.76 bits per heavy atom. The highest BCUT2D eigenvalue weighted by molar-refractivity contribution is 9.09. The third kappa shape index (κ3) is 3.38. The molecule has 0 atom stereocenters. The van der Waals surface area contributed by atoms with Crippen LogP contribution in [0, 0.1) is 10.1 Å². The van der Waals surface area contributed by atoms with E-state index in [0.29, 0.717) is 6.42 Å². The lowest BCUT2D eigenvalue weighted by molar-refractivity contribution is -0.384. The Hall–Kier alpha value is -1.96. The van der Waals surface area contributed by atoms with E-state index >= 15 is 0 Å². The minimum atomic E-state index is -0.588. The SMILES string of the molecule is O=C1COc2ccc([N+](=O)[O-])cc2C(=O)N1CCCCBr. The number of nitro groups is 1. The molecule has 2 rings (SSSR count). The predicted octanol–water partition coefficient (Wildman–Crippen LogP) is 2.13. The first-order valence-electron chi connectivity index (χ1n) is 6.36. The van der Waals surface area contributed by atoms with Gasteiger partial charge in [0.25, 0.3) is 17.5 Å². The second-order valence-electron chi connectivity index (χ2n) is 4.47. The number of ether oxygens (including phenoxy) is 1. The van der Waals surface area contributed by atoms with Crippen LogP contribution in [-0.2, 0) is 4.79 Å². The molecule has 0 saturated heterocycles. The van der Waals surface area contributed by atoms with Gasteiger partial charge in [0.15, 0.2) is 6.61 Å². The Kier molecular flexibility index (Phi) is 4.89. The van der Waals surface area contributed by atoms with Gasteiger partial charge in [-0.25, -0.2) is 0 Å². The molecule has 0 unspecified atom stereocenters. The molecule has 0 N–H and O–H groups in total. The first-order chi connectivity index (χ1) is 10.0. The Bertz CT molecular complexity index is 590. The van der Waals surface area contributed by atoms with Crippen molar-refractivity contribution >= 4 is 33.4 Å². The molecule has 21 heavy (non-hydrogen) atoms. The van der Waals surface area contributed by atoms with Crippen LogP contribution in [0.2, 0.25) is 0 Å². The summed E-state index contributed by atoms with van der Waals surface area (Å²) in [6.45, 7) is 0.0274. The lowest BCUT2D eigenvalue weighted by Gasteiger charge is -2.17. The number of benzene rings is 1. The van der Waals surface area contributed by atoms with Crippen molar-refractivity contribution in [3.8, 4) is 5.75 Å². The van der Waals surface area contributed by atoms with Crippen molar-refractivity contribution in [2.24, 2.45) is 0 Å². The number of rotatable bonds is 5. The molecule has 1 aromatic rings. The molecule has 1 aromatic carbocycles. The molecular weight excluding hydrogens is 344 g/mol. The molecule has 0 aromatic heterocycles. The fourth-order valence-electron chi connectivity index (χ4n) is 1.99. The summed E-state index contributed by atoms with van der Waals surface area (Å²) in [4.78, 5) is 35.7. The van der Waals surface area contributed by atoms with Gasteiger partial charge in [0, 0.05) is 24.0 Å². The van der Waals surface area contributed by atoms with Crippen molar-refractivity contribution in [3.05, 3.63) is 33.9 Å². The summed E-state index contributed by atoms with van der Waals surface area (Å²) in [5.74, 6) is -0.791. The van der Waals surface area contributed by atoms with Crippen LogP contribution in [0.4, 0.5) is 5.69 Å². The summed E-state index contributed by atoms with van der Waals surface area (Å²) in [6, 6.07) is 3.74. The van der Waals surface area contributed by atoms with Gasteiger partial charge < -0.3 is 4.74 Å². The van der Waals surface area contributed by atoms with Gasteiger partial charge in [-0.2, -0.15) is 0 Å². The third-order valence-electron chi connectivity index (χ3n) is 3.07. The Labute approximate surface area is 129 Å². The van der Waals surface area contributed by atoms with E-state index in [4.69, 9.17) is 4.74 Å². The van der Waals surface area contributed by atoms with E-state index in [9.17, 15) is 19.7 Å². The van der Waals surface area contributed by atoms with E-state index in [1.165, 1.54) is 12.1 Å². The molecule has 1 aliphatic heterocycles. The molecule has 7 nitrogen and oxygen atoms in total. The van der Waals surface area contributed by atoms with Crippen molar-refractivity contribution in [1.82, 2.24) is 4.90 Å². The van der Waals surface area contributed by atoms with Crippen molar-refractivity contribution in [2.45, 2.75) is 12.8 Å². The predicted molar refractivity (Wildman–Crippen MR) is 77.7 cm³/mol. The zero-order valence-corrected chi connectivity index (χ0v) is 12.7. The van der Waals surface area contributed by atoms with Crippen LogP contribution in [0.3, 0.4) is 0 Å². The summed E-state index contributed by atoms with van der Waals surface area (Å²) < 4.78 is 5.26. The number of imide groups is 1. The standard InChI is InChI=1S/C13H13BrN2O5/c14-5-1-2-6-15-12(17)8-21-11-4-3-9(16(19)20)7-10(11)13(15)18/h3-4,7H,1-2,5-6,8H2. The van der Waals surface area contributed by atoms with Crippen LogP contribution >= 0.6 is 15.9 Å². The van der Waals surface area contributed by atoms with E-state index in [1.807, 2.05) is 0 Å². The molecule has 1 heterocycles. The van der Waals surface area contributed by atoms with Crippen molar-refractivity contribution in [1.29, 1.82) is 0 Å². The average Bonchev–Trinajstić information content (AvgIpc) is 2.58. The minimum Gasteiger partial charge on any atom is -0.483 e. The highest BCUT2D eigenvalue weighted by Crippen LogP contribution is 2.27. The lowest BCUT2D eigenvalue weighted by atomic mass is 10.1. The smallest absolute Gasteiger partial charge is 0.270 e. The fraction of sp³-hybridized carbons (Fsp3) is 0.385. The molecule has 2 amide bonds. The van der Waals surface area contributed by atoms with Gasteiger partial charge in [0.1, 0.15) is 5.75 Å². The average molecular weight is 357 g/mol. The van der Waals surface area contributed by atoms with E-state index in [-0.39, 0.29) is 30.2 Å². The number of halogens is 1. The first-order valence-corrected chi connectivity index (χ1v) is 7.48. The van der Waals surface area contributed by atoms with Gasteiger partial charge in [-0.15, -0.1) is 0 Å². The molecule has 8 heteroatoms. The number of fused-ring (bicyclic) bond motifs is 1. The van der Waals surface area contributed by atoms with E-state index < -0.39 is 16.7 Å². The lowest BCUT2D eigenvalue weighted by Crippen LogP contribution is -2.38. The second kappa shape index (κ2) is 6.66. The molecule has 0 saturated carbocycles. The number of unbranched alkanes of at least 4 members (excludes halogenated alkanes) is 1. The highest BCUT2D eigenvalue weighted by Gasteiger charge is 2.30. The summed E-state index contributed by atoms with van der Waals surface area (Å²) in [7, 11) is 0. The van der Waals surface area contributed by atoms with Gasteiger partial charge >= 0.3 is 0 Å². The number of carbonyl (C=O) groups excluding carboxylic acids is 2. The normalized spacial score (nSPS) is 14.4. The zero-order valence-electron chi connectivity index (χ0n) is 11.1. The molecule has 0 bridgehead atoms. The zero-order chi connectivity index (χ0) is 15.4. The Morgan fingerprint density at radius 1 is 1.33 bits per heavy atom. The van der Waals surface area contributed by atoms with Crippen molar-refractivity contribution in [2.75, 3.05) is 18.5 Å². The van der Waals surface area contributed by atoms with Crippen molar-refractivity contribution in [3.63, 3.8) is 0 Å². The van der Waals surface area contributed by atoms with Gasteiger partial charge in [-0.1, -0.05) is 15.9 Å². The maximum atomic E-state index is 12.4. The number of carbonyl (C=O) groups is 2. The van der Waals surface area contributed by atoms with Crippen LogP contribution in [-0.4, -0.2) is 40.1 Å². The maximum Gasteiger partial charge on any atom is 0.270 e. The number of nitrogens with zero attached hydrogens (tertiary/aromatic N) is 2. The number of hydrogen-bond acceptors (Lipinski definition) is 5. The quantitative estimate of drug-likeness (QED) is 0.265. The maximum absolute atomic E-state index is 12.4. The summed E-state index contributed by atoms with van der Waals surface area (Å²) >= 11 is 3.28. The minimum absolute atomic E-state index is 0.0499. The molecule has 0 fully saturated rings. The molecule has 0 aliphatic carbocycles. The van der Waals surface area contributed by atoms with Crippen LogP contribution in [0.5, 0.6) is 5.75 Å². The van der Waals surface area contributed by atoms with Gasteiger partial charge in [0.05, 0.1) is 10.5 Å². The van der Waals surface area contributed by atoms with E-state index in [1.54, 1.807) is 0 Å². The topological polar surface area (TPSA) is 89.7 Å². The Balaban J connectivity index is 2.31. The third-order valence-corrected chi connectivity index (χ3v) is 3.63. The number of amides is 2. The van der Waals surface area contributed by atoms with Gasteiger partial charge in [-0.3, -0.25) is 24.6 Å². The molecule has 1 aliphatic rings. The van der Waals surface area contributed by atoms with E-state index in [2.05, 4.69) is 15.9 Å². The van der Waals surface area contributed by atoms with E-state index in [0.717, 1.165) is 22.7 Å². The summed E-state index contributed by atoms with van der Waals surface area (Å²) in [6.07, 6.45) is 1.48. The number of non-ortho nitro benzene ring substituents is 1. The molecule has 0 spiro atoms. The second-order valence-corrected chi connectivity index (χ2v) is 5.27. The molecular formula is C13H13BrN2O5. The molecule has 112 valence electrons. The molecule has 0 radical (unpaired) electrons. The Morgan fingerprint density at radius 2 is 2.10 bits per heavy atom. The van der Waals surface area contributed by atoms with Gasteiger partial charge in [0.2, 0.25) is 0 Å². The summed E-state index contributed by atoms with van der Waals surface area (Å²) in [5, 5.41) is 11.6. The van der Waals surface area contributed by atoms with Crippen LogP contribution < -0.4 is 4.74 Å². The first kappa shape index (κ1) is 15.4. The van der Waals surface area contributed by atoms with Crippen molar-refractivity contribution < 1.29 is 19.2 Å². The highest BCUT2D eigenvalue weighted by atomic mass is 79.9. The van der Waals surface area contributed by atoms with Crippen LogP contribution in [0.25, 0.3) is 0 Å². The largest absolute Gasteiger partial charge is 0.483 e. The summed E-state index contributed by atoms with van der Waals surface area (Å²) in [5.41, 5.74) is -0.158. The number of hydrogen-bond donors (Lipinski definition) is 0. The van der Waals surface area contributed by atoms with Gasteiger partial charge in [-0.05, 0) is 18.9 Å². The monoisotopic (exact) mass is 356 g/mol. The van der Waals surface area contributed by atoms with Crippen LogP contribution in [0.15, 0.2) is 18.2 Å². The fourth-order valence-corrected chi connectivity index (χ4v) is 2.39. The van der Waals surface area contributed by atoms with Crippen LogP contribution in [0.1, 0.15) is 23.2 Å². The number of nitro benzene ring substituents is 1. The number of alkyl halides is 1.